The van der Waals surface area contributed by atoms with Gasteiger partial charge in [-0.05, 0) is 49.0 Å². The van der Waals surface area contributed by atoms with Crippen molar-refractivity contribution in [2.24, 2.45) is 22.7 Å². The lowest BCUT2D eigenvalue weighted by Crippen LogP contribution is -2.66. The van der Waals surface area contributed by atoms with Gasteiger partial charge in [0.05, 0.1) is 43.4 Å². The molecule has 3 N–H and O–H groups in total. The molecule has 0 bridgehead atoms. The summed E-state index contributed by atoms with van der Waals surface area (Å²) in [6.07, 6.45) is 6.18. The zero-order chi connectivity index (χ0) is 17.9. The maximum atomic E-state index is 11.0. The number of ether oxygens (including phenoxy) is 1. The van der Waals surface area contributed by atoms with Crippen LogP contribution in [-0.4, -0.2) is 40.2 Å². The van der Waals surface area contributed by atoms with Crippen LogP contribution in [0.15, 0.2) is 23.0 Å². The Morgan fingerprint density at radius 2 is 2.16 bits per heavy atom. The van der Waals surface area contributed by atoms with E-state index in [-0.39, 0.29) is 29.5 Å². The minimum atomic E-state index is -0.609. The molecule has 2 aliphatic carbocycles. The number of aliphatic hydroxyl groups excluding tert-OH is 3. The molecule has 1 spiro atoms. The van der Waals surface area contributed by atoms with Crippen LogP contribution in [0, 0.1) is 22.7 Å². The van der Waals surface area contributed by atoms with E-state index < -0.39 is 17.6 Å². The van der Waals surface area contributed by atoms with E-state index in [0.717, 1.165) is 24.8 Å². The third-order valence-electron chi connectivity index (χ3n) is 7.95. The summed E-state index contributed by atoms with van der Waals surface area (Å²) in [5, 5.41) is 32.3. The number of furan rings is 1. The molecule has 3 aliphatic rings. The molecule has 1 saturated heterocycles. The highest BCUT2D eigenvalue weighted by molar-refractivity contribution is 5.21. The van der Waals surface area contributed by atoms with Gasteiger partial charge in [0.2, 0.25) is 0 Å². The summed E-state index contributed by atoms with van der Waals surface area (Å²) in [6.45, 7) is 4.98. The standard InChI is InChI=1S/C20H30O5/c1-13-8-17(23)20(11-21)16(4-3-6-19(20)12-25-19)18(13,2)9-15(22)14-5-7-24-10-14/h5,7,10,13,15-17,21-23H,3-4,6,8-9,11-12H2,1-2H3/t13-,15-,16-,17+,18+,19+,20+/m1/s1. The van der Waals surface area contributed by atoms with Crippen molar-refractivity contribution >= 4 is 0 Å². The molecular weight excluding hydrogens is 320 g/mol. The van der Waals surface area contributed by atoms with Gasteiger partial charge in [0.25, 0.3) is 0 Å². The van der Waals surface area contributed by atoms with Gasteiger partial charge < -0.3 is 24.5 Å². The summed E-state index contributed by atoms with van der Waals surface area (Å²) in [6, 6.07) is 1.81. The zero-order valence-electron chi connectivity index (χ0n) is 15.1. The van der Waals surface area contributed by atoms with Gasteiger partial charge in [0.1, 0.15) is 5.60 Å². The fourth-order valence-electron chi connectivity index (χ4n) is 6.21. The Balaban J connectivity index is 1.71. The minimum absolute atomic E-state index is 0.0526. The van der Waals surface area contributed by atoms with Crippen molar-refractivity contribution in [2.75, 3.05) is 13.2 Å². The van der Waals surface area contributed by atoms with Crippen LogP contribution in [-0.2, 0) is 4.74 Å². The fraction of sp³-hybridized carbons (Fsp3) is 0.800. The Bertz CT molecular complexity index is 610. The van der Waals surface area contributed by atoms with Crippen LogP contribution >= 0.6 is 0 Å². The van der Waals surface area contributed by atoms with Crippen molar-refractivity contribution in [1.29, 1.82) is 0 Å². The third-order valence-corrected chi connectivity index (χ3v) is 7.95. The van der Waals surface area contributed by atoms with Crippen molar-refractivity contribution in [3.05, 3.63) is 24.2 Å². The van der Waals surface area contributed by atoms with Gasteiger partial charge in [0, 0.05) is 5.56 Å². The SMILES string of the molecule is C[C@@H]1C[C@H](O)[C@]2(CO)[C@H](CCC[C@]23CO3)[C@@]1(C)C[C@@H](O)c1ccoc1. The molecule has 1 aromatic rings. The topological polar surface area (TPSA) is 86.4 Å². The van der Waals surface area contributed by atoms with Crippen LogP contribution < -0.4 is 0 Å². The van der Waals surface area contributed by atoms with Crippen LogP contribution in [0.1, 0.15) is 57.6 Å². The molecule has 3 fully saturated rings. The minimum Gasteiger partial charge on any atom is -0.472 e. The van der Waals surface area contributed by atoms with E-state index in [9.17, 15) is 15.3 Å². The Morgan fingerprint density at radius 3 is 2.76 bits per heavy atom. The fourth-order valence-corrected chi connectivity index (χ4v) is 6.21. The second kappa shape index (κ2) is 5.81. The van der Waals surface area contributed by atoms with Crippen LogP contribution in [0.5, 0.6) is 0 Å². The van der Waals surface area contributed by atoms with Crippen molar-refractivity contribution in [2.45, 2.75) is 63.8 Å². The van der Waals surface area contributed by atoms with Gasteiger partial charge in [-0.25, -0.2) is 0 Å². The largest absolute Gasteiger partial charge is 0.472 e. The predicted molar refractivity (Wildman–Crippen MR) is 91.7 cm³/mol. The van der Waals surface area contributed by atoms with E-state index in [0.29, 0.717) is 19.4 Å². The van der Waals surface area contributed by atoms with E-state index in [4.69, 9.17) is 9.15 Å². The maximum Gasteiger partial charge on any atom is 0.102 e. The lowest BCUT2D eigenvalue weighted by molar-refractivity contribution is -0.216. The van der Waals surface area contributed by atoms with Crippen LogP contribution in [0.3, 0.4) is 0 Å². The molecule has 0 amide bonds. The smallest absolute Gasteiger partial charge is 0.102 e. The lowest BCUT2D eigenvalue weighted by Gasteiger charge is -2.62. The number of epoxide rings is 1. The number of fused-ring (bicyclic) bond motifs is 2. The van der Waals surface area contributed by atoms with Crippen LogP contribution in [0.4, 0.5) is 0 Å². The van der Waals surface area contributed by atoms with Gasteiger partial charge in [-0.2, -0.15) is 0 Å². The third kappa shape index (κ3) is 2.29. The molecule has 25 heavy (non-hydrogen) atoms. The summed E-state index contributed by atoms with van der Waals surface area (Å²) in [4.78, 5) is 0. The molecule has 5 heteroatoms. The highest BCUT2D eigenvalue weighted by Gasteiger charge is 2.73. The number of hydrogen-bond donors (Lipinski definition) is 3. The molecule has 5 nitrogen and oxygen atoms in total. The Labute approximate surface area is 149 Å². The molecule has 140 valence electrons. The first kappa shape index (κ1) is 17.5. The average Bonchev–Trinajstić information content (AvgIpc) is 3.13. The summed E-state index contributed by atoms with van der Waals surface area (Å²) < 4.78 is 11.0. The van der Waals surface area contributed by atoms with E-state index in [1.165, 1.54) is 0 Å². The van der Waals surface area contributed by atoms with Crippen molar-refractivity contribution in [1.82, 2.24) is 0 Å². The molecular formula is C20H30O5. The number of hydrogen-bond acceptors (Lipinski definition) is 5. The van der Waals surface area contributed by atoms with Gasteiger partial charge in [0.15, 0.2) is 0 Å². The molecule has 1 aromatic heterocycles. The lowest BCUT2D eigenvalue weighted by atomic mass is 9.43. The van der Waals surface area contributed by atoms with Crippen molar-refractivity contribution in [3.63, 3.8) is 0 Å². The second-order valence-corrected chi connectivity index (χ2v) is 8.86. The van der Waals surface area contributed by atoms with E-state index in [2.05, 4.69) is 13.8 Å². The monoisotopic (exact) mass is 350 g/mol. The highest BCUT2D eigenvalue weighted by Crippen LogP contribution is 2.68. The number of rotatable bonds is 4. The van der Waals surface area contributed by atoms with Crippen molar-refractivity contribution < 1.29 is 24.5 Å². The molecule has 7 atom stereocenters. The molecule has 0 unspecified atom stereocenters. The first-order chi connectivity index (χ1) is 11.9. The van der Waals surface area contributed by atoms with Gasteiger partial charge >= 0.3 is 0 Å². The van der Waals surface area contributed by atoms with E-state index >= 15 is 0 Å². The molecule has 2 saturated carbocycles. The molecule has 0 aromatic carbocycles. The van der Waals surface area contributed by atoms with Crippen molar-refractivity contribution in [3.8, 4) is 0 Å². The maximum absolute atomic E-state index is 11.0. The van der Waals surface area contributed by atoms with Gasteiger partial charge in [-0.1, -0.05) is 20.3 Å². The quantitative estimate of drug-likeness (QED) is 0.727. The number of aliphatic hydroxyl groups is 3. The molecule has 1 aliphatic heterocycles. The Kier molecular flexibility index (Phi) is 4.07. The second-order valence-electron chi connectivity index (χ2n) is 8.86. The van der Waals surface area contributed by atoms with E-state index in [1.807, 2.05) is 6.07 Å². The van der Waals surface area contributed by atoms with Crippen LogP contribution in [0.2, 0.25) is 0 Å². The van der Waals surface area contributed by atoms with Gasteiger partial charge in [-0.15, -0.1) is 0 Å². The first-order valence-corrected chi connectivity index (χ1v) is 9.53. The summed E-state index contributed by atoms with van der Waals surface area (Å²) in [5.41, 5.74) is -0.366. The average molecular weight is 350 g/mol. The predicted octanol–water partition coefficient (Wildman–Crippen LogP) is 2.66. The summed E-state index contributed by atoms with van der Waals surface area (Å²) in [7, 11) is 0. The first-order valence-electron chi connectivity index (χ1n) is 9.53. The molecule has 4 rings (SSSR count). The zero-order valence-corrected chi connectivity index (χ0v) is 15.1. The summed E-state index contributed by atoms with van der Waals surface area (Å²) in [5.74, 6) is 0.379. The van der Waals surface area contributed by atoms with E-state index in [1.54, 1.807) is 12.5 Å². The highest BCUT2D eigenvalue weighted by atomic mass is 16.6. The Morgan fingerprint density at radius 1 is 1.40 bits per heavy atom. The Hall–Kier alpha value is -0.880. The van der Waals surface area contributed by atoms with Gasteiger partial charge in [-0.3, -0.25) is 0 Å². The molecule has 0 radical (unpaired) electrons. The van der Waals surface area contributed by atoms with Crippen LogP contribution in [0.25, 0.3) is 0 Å². The molecule has 2 heterocycles. The summed E-state index contributed by atoms with van der Waals surface area (Å²) >= 11 is 0. The normalized spacial score (nSPS) is 47.5.